The minimum Gasteiger partial charge on any atom is -0.354 e. The summed E-state index contributed by atoms with van der Waals surface area (Å²) < 4.78 is 28.8. The molecular weight excluding hydrogens is 498 g/mol. The molecule has 0 aliphatic heterocycles. The van der Waals surface area contributed by atoms with Crippen LogP contribution in [0.3, 0.4) is 0 Å². The number of nitrogens with zero attached hydrogens (tertiary/aromatic N) is 2. The van der Waals surface area contributed by atoms with E-state index in [1.807, 2.05) is 58.0 Å². The van der Waals surface area contributed by atoms with E-state index < -0.39 is 28.5 Å². The predicted molar refractivity (Wildman–Crippen MR) is 151 cm³/mol. The van der Waals surface area contributed by atoms with Gasteiger partial charge in [0.05, 0.1) is 10.6 Å². The third-order valence-corrected chi connectivity index (χ3v) is 8.21. The summed E-state index contributed by atoms with van der Waals surface area (Å²) in [5.41, 5.74) is 4.03. The van der Waals surface area contributed by atoms with Crippen LogP contribution in [0.25, 0.3) is 0 Å². The molecule has 2 amide bonds. The van der Waals surface area contributed by atoms with Gasteiger partial charge >= 0.3 is 0 Å². The first kappa shape index (κ1) is 28.9. The summed E-state index contributed by atoms with van der Waals surface area (Å²) in [5.74, 6) is -0.747. The van der Waals surface area contributed by atoms with Crippen molar-refractivity contribution in [1.82, 2.24) is 10.2 Å². The second-order valence-corrected chi connectivity index (χ2v) is 11.4. The van der Waals surface area contributed by atoms with Crippen LogP contribution in [0.5, 0.6) is 0 Å². The lowest BCUT2D eigenvalue weighted by atomic mass is 10.1. The minimum atomic E-state index is -4.07. The van der Waals surface area contributed by atoms with E-state index in [4.69, 9.17) is 0 Å². The van der Waals surface area contributed by atoms with Gasteiger partial charge < -0.3 is 10.2 Å². The molecule has 1 N–H and O–H groups in total. The van der Waals surface area contributed by atoms with Gasteiger partial charge in [-0.25, -0.2) is 8.42 Å². The highest BCUT2D eigenvalue weighted by molar-refractivity contribution is 7.92. The summed E-state index contributed by atoms with van der Waals surface area (Å²) in [4.78, 5) is 28.5. The van der Waals surface area contributed by atoms with Gasteiger partial charge in [0.15, 0.2) is 0 Å². The Bertz CT molecular complexity index is 1350. The first-order valence-corrected chi connectivity index (χ1v) is 14.3. The van der Waals surface area contributed by atoms with Crippen LogP contribution in [0.15, 0.2) is 77.7 Å². The van der Waals surface area contributed by atoms with Crippen molar-refractivity contribution in [3.8, 4) is 0 Å². The lowest BCUT2D eigenvalue weighted by Crippen LogP contribution is -2.51. The number of amides is 2. The minimum absolute atomic E-state index is 0.0890. The van der Waals surface area contributed by atoms with Crippen molar-refractivity contribution in [2.45, 2.75) is 58.5 Å². The average Bonchev–Trinajstić information content (AvgIpc) is 2.89. The van der Waals surface area contributed by atoms with Crippen LogP contribution in [0.2, 0.25) is 0 Å². The first-order chi connectivity index (χ1) is 18.0. The van der Waals surface area contributed by atoms with E-state index in [-0.39, 0.29) is 17.3 Å². The fourth-order valence-electron chi connectivity index (χ4n) is 4.29. The molecule has 0 aliphatic carbocycles. The van der Waals surface area contributed by atoms with Gasteiger partial charge in [0.2, 0.25) is 11.8 Å². The quantitative estimate of drug-likeness (QED) is 0.384. The van der Waals surface area contributed by atoms with Gasteiger partial charge in [0.25, 0.3) is 10.0 Å². The third kappa shape index (κ3) is 7.01. The van der Waals surface area contributed by atoms with Crippen molar-refractivity contribution < 1.29 is 18.0 Å². The van der Waals surface area contributed by atoms with Crippen LogP contribution in [0.4, 0.5) is 5.69 Å². The fraction of sp³-hybridized carbons (Fsp3) is 0.333. The zero-order chi connectivity index (χ0) is 27.9. The van der Waals surface area contributed by atoms with Crippen LogP contribution in [-0.2, 0) is 26.2 Å². The second kappa shape index (κ2) is 12.7. The summed E-state index contributed by atoms with van der Waals surface area (Å²) in [6, 6.07) is 20.4. The zero-order valence-electron chi connectivity index (χ0n) is 22.8. The lowest BCUT2D eigenvalue weighted by molar-refractivity contribution is -0.139. The molecule has 0 saturated carbocycles. The number of carbonyl (C=O) groups is 2. The van der Waals surface area contributed by atoms with Crippen molar-refractivity contribution in [2.75, 3.05) is 17.4 Å². The second-order valence-electron chi connectivity index (χ2n) is 9.59. The SMILES string of the molecule is CCCNC(=O)C(C)N(Cc1ccccc1C)C(=O)CN(c1cc(C)cc(C)c1)S(=O)(=O)c1ccccc1. The number of aryl methyl sites for hydroxylation is 3. The number of hydrogen-bond acceptors (Lipinski definition) is 4. The maximum Gasteiger partial charge on any atom is 0.264 e. The average molecular weight is 536 g/mol. The first-order valence-electron chi connectivity index (χ1n) is 12.8. The summed E-state index contributed by atoms with van der Waals surface area (Å²) in [5, 5.41) is 2.86. The van der Waals surface area contributed by atoms with E-state index in [9.17, 15) is 18.0 Å². The summed E-state index contributed by atoms with van der Waals surface area (Å²) in [6.07, 6.45) is 0.764. The normalized spacial score (nSPS) is 12.0. The van der Waals surface area contributed by atoms with Gasteiger partial charge in [-0.2, -0.15) is 0 Å². The summed E-state index contributed by atoms with van der Waals surface area (Å²) >= 11 is 0. The molecule has 3 rings (SSSR count). The summed E-state index contributed by atoms with van der Waals surface area (Å²) in [7, 11) is -4.07. The molecule has 0 heterocycles. The van der Waals surface area contributed by atoms with Gasteiger partial charge in [-0.1, -0.05) is 55.5 Å². The molecule has 3 aromatic carbocycles. The highest BCUT2D eigenvalue weighted by Crippen LogP contribution is 2.26. The molecule has 0 fully saturated rings. The lowest BCUT2D eigenvalue weighted by Gasteiger charge is -2.32. The van der Waals surface area contributed by atoms with Crippen molar-refractivity contribution in [3.05, 3.63) is 95.1 Å². The van der Waals surface area contributed by atoms with Crippen molar-refractivity contribution >= 4 is 27.5 Å². The van der Waals surface area contributed by atoms with E-state index in [1.54, 1.807) is 37.3 Å². The van der Waals surface area contributed by atoms with Crippen LogP contribution >= 0.6 is 0 Å². The maximum atomic E-state index is 13.9. The molecule has 1 atom stereocenters. The Morgan fingerprint density at radius 2 is 1.50 bits per heavy atom. The third-order valence-electron chi connectivity index (χ3n) is 6.42. The van der Waals surface area contributed by atoms with Gasteiger partial charge in [-0.3, -0.25) is 13.9 Å². The van der Waals surface area contributed by atoms with Gasteiger partial charge in [0, 0.05) is 13.1 Å². The molecule has 202 valence electrons. The Kier molecular flexibility index (Phi) is 9.69. The molecule has 0 spiro atoms. The molecule has 8 heteroatoms. The topological polar surface area (TPSA) is 86.8 Å². The number of nitrogens with one attached hydrogen (secondary N) is 1. The number of anilines is 1. The highest BCUT2D eigenvalue weighted by atomic mass is 32.2. The van der Waals surface area contributed by atoms with E-state index in [1.165, 1.54) is 17.0 Å². The van der Waals surface area contributed by atoms with Crippen LogP contribution in [0, 0.1) is 20.8 Å². The molecular formula is C30H37N3O4S. The largest absolute Gasteiger partial charge is 0.354 e. The molecule has 0 saturated heterocycles. The Morgan fingerprint density at radius 1 is 0.895 bits per heavy atom. The van der Waals surface area contributed by atoms with Crippen molar-refractivity contribution in [2.24, 2.45) is 0 Å². The monoisotopic (exact) mass is 535 g/mol. The van der Waals surface area contributed by atoms with E-state index in [0.29, 0.717) is 12.2 Å². The molecule has 0 radical (unpaired) electrons. The molecule has 7 nitrogen and oxygen atoms in total. The van der Waals surface area contributed by atoms with Crippen LogP contribution < -0.4 is 9.62 Å². The molecule has 3 aromatic rings. The molecule has 0 bridgehead atoms. The van der Waals surface area contributed by atoms with Crippen LogP contribution in [0.1, 0.15) is 42.5 Å². The molecule has 0 aliphatic rings. The maximum absolute atomic E-state index is 13.9. The Labute approximate surface area is 226 Å². The number of hydrogen-bond donors (Lipinski definition) is 1. The smallest absolute Gasteiger partial charge is 0.264 e. The highest BCUT2D eigenvalue weighted by Gasteiger charge is 2.32. The van der Waals surface area contributed by atoms with Crippen molar-refractivity contribution in [3.63, 3.8) is 0 Å². The molecule has 0 aromatic heterocycles. The Morgan fingerprint density at radius 3 is 2.11 bits per heavy atom. The predicted octanol–water partition coefficient (Wildman–Crippen LogP) is 4.75. The number of sulfonamides is 1. The standard InChI is InChI=1S/C30H37N3O4S/c1-6-16-31-30(35)25(5)32(20-26-13-11-10-12-24(26)4)29(34)21-33(27-18-22(2)17-23(3)19-27)38(36,37)28-14-8-7-9-15-28/h7-15,17-19,25H,6,16,20-21H2,1-5H3,(H,31,35). The number of carbonyl (C=O) groups excluding carboxylic acids is 2. The number of rotatable bonds is 11. The number of benzene rings is 3. The molecule has 38 heavy (non-hydrogen) atoms. The van der Waals surface area contributed by atoms with E-state index in [0.717, 1.165) is 33.0 Å². The Hall–Kier alpha value is -3.65. The Balaban J connectivity index is 2.05. The van der Waals surface area contributed by atoms with Gasteiger partial charge in [-0.15, -0.1) is 0 Å². The molecule has 1 unspecified atom stereocenters. The zero-order valence-corrected chi connectivity index (χ0v) is 23.6. The van der Waals surface area contributed by atoms with Gasteiger partial charge in [0.1, 0.15) is 12.6 Å². The van der Waals surface area contributed by atoms with Crippen molar-refractivity contribution in [1.29, 1.82) is 0 Å². The summed E-state index contributed by atoms with van der Waals surface area (Å²) in [6.45, 7) is 9.57. The van der Waals surface area contributed by atoms with E-state index >= 15 is 0 Å². The fourth-order valence-corrected chi connectivity index (χ4v) is 5.71. The van der Waals surface area contributed by atoms with Crippen LogP contribution in [-0.4, -0.2) is 44.3 Å². The van der Waals surface area contributed by atoms with Gasteiger partial charge in [-0.05, 0) is 80.6 Å². The van der Waals surface area contributed by atoms with E-state index in [2.05, 4.69) is 5.32 Å².